The van der Waals surface area contributed by atoms with Gasteiger partial charge in [0, 0.05) is 22.7 Å². The highest BCUT2D eigenvalue weighted by Gasteiger charge is 2.21. The lowest BCUT2D eigenvalue weighted by molar-refractivity contribution is 0.0697. The summed E-state index contributed by atoms with van der Waals surface area (Å²) in [6.07, 6.45) is 1.52. The summed E-state index contributed by atoms with van der Waals surface area (Å²) >= 11 is 0. The van der Waals surface area contributed by atoms with Crippen LogP contribution >= 0.6 is 0 Å². The fraction of sp³-hybridized carbons (Fsp3) is 0.0400. The minimum absolute atomic E-state index is 0.0194. The number of nitrogens with one attached hydrogen (secondary N) is 1. The average molecular weight is 458 g/mol. The standard InChI is InChI=1S/C25H18N2O5S/c1-32-22-14-15-23(24-20(22)6-4-16-26-24)33(30,31)27-21-7-3-2-5-18(21)11-8-17-9-12-19(13-10-17)25(28)29/h2-7,9-10,12-16,27H,1H3,(H,28,29). The van der Waals surface area contributed by atoms with E-state index in [1.165, 1.54) is 31.5 Å². The highest BCUT2D eigenvalue weighted by atomic mass is 32.2. The highest BCUT2D eigenvalue weighted by molar-refractivity contribution is 7.93. The van der Waals surface area contributed by atoms with Crippen molar-refractivity contribution in [1.82, 2.24) is 4.98 Å². The first-order chi connectivity index (χ1) is 15.9. The zero-order valence-electron chi connectivity index (χ0n) is 17.4. The first-order valence-corrected chi connectivity index (χ1v) is 11.3. The maximum atomic E-state index is 13.2. The van der Waals surface area contributed by atoms with E-state index < -0.39 is 16.0 Å². The molecule has 0 aliphatic carbocycles. The number of sulfonamides is 1. The van der Waals surface area contributed by atoms with Crippen molar-refractivity contribution >= 4 is 32.6 Å². The van der Waals surface area contributed by atoms with E-state index >= 15 is 0 Å². The highest BCUT2D eigenvalue weighted by Crippen LogP contribution is 2.30. The lowest BCUT2D eigenvalue weighted by atomic mass is 10.1. The lowest BCUT2D eigenvalue weighted by Crippen LogP contribution is -2.14. The van der Waals surface area contributed by atoms with Crippen LogP contribution in [0.1, 0.15) is 21.5 Å². The predicted octanol–water partition coefficient (Wildman–Crippen LogP) is 4.14. The number of hydrogen-bond acceptors (Lipinski definition) is 5. The van der Waals surface area contributed by atoms with Crippen molar-refractivity contribution in [1.29, 1.82) is 0 Å². The average Bonchev–Trinajstić information content (AvgIpc) is 2.82. The van der Waals surface area contributed by atoms with Gasteiger partial charge in [0.05, 0.1) is 23.9 Å². The second kappa shape index (κ2) is 9.02. The van der Waals surface area contributed by atoms with Gasteiger partial charge >= 0.3 is 5.97 Å². The number of carboxylic acids is 1. The number of methoxy groups -OCH3 is 1. The molecule has 1 heterocycles. The van der Waals surface area contributed by atoms with Gasteiger partial charge in [0.15, 0.2) is 0 Å². The number of ether oxygens (including phenoxy) is 1. The summed E-state index contributed by atoms with van der Waals surface area (Å²) < 4.78 is 34.4. The summed E-state index contributed by atoms with van der Waals surface area (Å²) in [4.78, 5) is 15.3. The van der Waals surface area contributed by atoms with Gasteiger partial charge in [-0.05, 0) is 60.7 Å². The number of para-hydroxylation sites is 1. The number of benzene rings is 3. The van der Waals surface area contributed by atoms with Crippen molar-refractivity contribution in [2.24, 2.45) is 0 Å². The summed E-state index contributed by atoms with van der Waals surface area (Å²) in [5, 5.41) is 9.59. The molecule has 0 saturated carbocycles. The molecule has 0 spiro atoms. The summed E-state index contributed by atoms with van der Waals surface area (Å²) in [5.41, 5.74) is 1.84. The normalized spacial score (nSPS) is 10.8. The molecule has 7 nitrogen and oxygen atoms in total. The molecule has 0 unspecified atom stereocenters. The number of carboxylic acid groups (broad SMARTS) is 1. The predicted molar refractivity (Wildman–Crippen MR) is 125 cm³/mol. The molecule has 0 bridgehead atoms. The Balaban J connectivity index is 1.69. The molecule has 4 aromatic rings. The third-order valence-electron chi connectivity index (χ3n) is 4.85. The Bertz CT molecular complexity index is 1520. The molecule has 1 aromatic heterocycles. The van der Waals surface area contributed by atoms with Gasteiger partial charge in [-0.3, -0.25) is 9.71 Å². The molecule has 4 rings (SSSR count). The van der Waals surface area contributed by atoms with Crippen molar-refractivity contribution in [3.8, 4) is 17.6 Å². The van der Waals surface area contributed by atoms with E-state index in [1.54, 1.807) is 54.6 Å². The van der Waals surface area contributed by atoms with E-state index in [-0.39, 0.29) is 10.5 Å². The van der Waals surface area contributed by atoms with E-state index in [1.807, 2.05) is 0 Å². The summed E-state index contributed by atoms with van der Waals surface area (Å²) in [7, 11) is -2.47. The first kappa shape index (κ1) is 21.9. The Labute approximate surface area is 190 Å². The van der Waals surface area contributed by atoms with Crippen LogP contribution in [-0.4, -0.2) is 31.6 Å². The number of pyridine rings is 1. The van der Waals surface area contributed by atoms with Crippen LogP contribution in [0.15, 0.2) is 83.9 Å². The van der Waals surface area contributed by atoms with Gasteiger partial charge in [-0.1, -0.05) is 24.0 Å². The molecule has 8 heteroatoms. The minimum atomic E-state index is -3.99. The zero-order valence-corrected chi connectivity index (χ0v) is 18.3. The molecule has 0 fully saturated rings. The van der Waals surface area contributed by atoms with Gasteiger partial charge < -0.3 is 9.84 Å². The maximum absolute atomic E-state index is 13.2. The monoisotopic (exact) mass is 458 g/mol. The molecule has 0 aliphatic heterocycles. The topological polar surface area (TPSA) is 106 Å². The minimum Gasteiger partial charge on any atom is -0.496 e. The SMILES string of the molecule is COc1ccc(S(=O)(=O)Nc2ccccc2C#Cc2ccc(C(=O)O)cc2)c2ncccc12. The van der Waals surface area contributed by atoms with Gasteiger partial charge in [0.2, 0.25) is 0 Å². The van der Waals surface area contributed by atoms with E-state index in [0.717, 1.165) is 0 Å². The Morgan fingerprint density at radius 3 is 2.45 bits per heavy atom. The van der Waals surface area contributed by atoms with E-state index in [9.17, 15) is 13.2 Å². The quantitative estimate of drug-likeness (QED) is 0.436. The van der Waals surface area contributed by atoms with Crippen molar-refractivity contribution in [3.05, 3.63) is 95.7 Å². The molecule has 2 N–H and O–H groups in total. The summed E-state index contributed by atoms with van der Waals surface area (Å²) in [5.74, 6) is 5.39. The second-order valence-electron chi connectivity index (χ2n) is 6.95. The number of aromatic nitrogens is 1. The van der Waals surface area contributed by atoms with Gasteiger partial charge in [0.1, 0.15) is 10.6 Å². The summed E-state index contributed by atoms with van der Waals surface area (Å²) in [6, 6.07) is 19.4. The van der Waals surface area contributed by atoms with Crippen LogP contribution in [0.2, 0.25) is 0 Å². The largest absolute Gasteiger partial charge is 0.496 e. The van der Waals surface area contributed by atoms with Crippen LogP contribution in [0.25, 0.3) is 10.9 Å². The molecule has 33 heavy (non-hydrogen) atoms. The number of nitrogens with zero attached hydrogens (tertiary/aromatic N) is 1. The van der Waals surface area contributed by atoms with Gasteiger partial charge in [-0.15, -0.1) is 0 Å². The van der Waals surface area contributed by atoms with Crippen LogP contribution in [0, 0.1) is 11.8 Å². The summed E-state index contributed by atoms with van der Waals surface area (Å²) in [6.45, 7) is 0. The molecule has 0 radical (unpaired) electrons. The van der Waals surface area contributed by atoms with Crippen LogP contribution in [0.5, 0.6) is 5.75 Å². The third-order valence-corrected chi connectivity index (χ3v) is 6.24. The van der Waals surface area contributed by atoms with E-state index in [4.69, 9.17) is 9.84 Å². The van der Waals surface area contributed by atoms with E-state index in [2.05, 4.69) is 21.5 Å². The molecule has 0 saturated heterocycles. The van der Waals surface area contributed by atoms with Crippen LogP contribution < -0.4 is 9.46 Å². The van der Waals surface area contributed by atoms with Crippen molar-refractivity contribution in [3.63, 3.8) is 0 Å². The first-order valence-electron chi connectivity index (χ1n) is 9.78. The number of carbonyl (C=O) groups is 1. The number of aromatic carboxylic acids is 1. The van der Waals surface area contributed by atoms with Crippen molar-refractivity contribution < 1.29 is 23.1 Å². The lowest BCUT2D eigenvalue weighted by Gasteiger charge is -2.13. The van der Waals surface area contributed by atoms with Crippen LogP contribution in [0.4, 0.5) is 5.69 Å². The van der Waals surface area contributed by atoms with Crippen molar-refractivity contribution in [2.75, 3.05) is 11.8 Å². The molecule has 0 amide bonds. The fourth-order valence-electron chi connectivity index (χ4n) is 3.23. The van der Waals surface area contributed by atoms with Crippen LogP contribution in [-0.2, 0) is 10.0 Å². The molecular weight excluding hydrogens is 440 g/mol. The molecule has 0 atom stereocenters. The van der Waals surface area contributed by atoms with Crippen molar-refractivity contribution in [2.45, 2.75) is 4.90 Å². The molecule has 3 aromatic carbocycles. The molecule has 0 aliphatic rings. The van der Waals surface area contributed by atoms with Gasteiger partial charge in [-0.25, -0.2) is 13.2 Å². The third kappa shape index (κ3) is 4.63. The number of anilines is 1. The van der Waals surface area contributed by atoms with E-state index in [0.29, 0.717) is 33.5 Å². The molecular formula is C25H18N2O5S. The Morgan fingerprint density at radius 1 is 0.970 bits per heavy atom. The Morgan fingerprint density at radius 2 is 1.73 bits per heavy atom. The zero-order chi connectivity index (χ0) is 23.4. The van der Waals surface area contributed by atoms with Gasteiger partial charge in [-0.2, -0.15) is 0 Å². The number of rotatable bonds is 5. The molecule has 164 valence electrons. The maximum Gasteiger partial charge on any atom is 0.335 e. The fourth-order valence-corrected chi connectivity index (χ4v) is 4.47. The van der Waals surface area contributed by atoms with Gasteiger partial charge in [0.25, 0.3) is 10.0 Å². The second-order valence-corrected chi connectivity index (χ2v) is 8.60. The smallest absolute Gasteiger partial charge is 0.335 e. The number of fused-ring (bicyclic) bond motifs is 1. The van der Waals surface area contributed by atoms with Crippen LogP contribution in [0.3, 0.4) is 0 Å². The number of hydrogen-bond donors (Lipinski definition) is 2. The Kier molecular flexibility index (Phi) is 5.98. The Hall–Kier alpha value is -4.35.